The Balaban J connectivity index is 2.27. The van der Waals surface area contributed by atoms with Crippen molar-refractivity contribution in [2.75, 3.05) is 11.9 Å². The van der Waals surface area contributed by atoms with E-state index in [9.17, 15) is 4.79 Å². The Kier molecular flexibility index (Phi) is 4.80. The van der Waals surface area contributed by atoms with Crippen LogP contribution in [0.1, 0.15) is 25.0 Å². The third-order valence-electron chi connectivity index (χ3n) is 1.99. The van der Waals surface area contributed by atoms with Gasteiger partial charge in [-0.05, 0) is 25.0 Å². The number of aromatic nitrogens is 1. The van der Waals surface area contributed by atoms with E-state index in [4.69, 9.17) is 10.4 Å². The smallest absolute Gasteiger partial charge is 0.303 e. The fraction of sp³-hybridized carbons (Fsp3) is 0.364. The summed E-state index contributed by atoms with van der Waals surface area (Å²) in [6.07, 6.45) is 1.60. The lowest BCUT2D eigenvalue weighted by atomic mass is 10.2. The molecule has 0 aliphatic rings. The molecule has 1 rings (SSSR count). The molecule has 0 aliphatic carbocycles. The average molecular weight is 219 g/mol. The third kappa shape index (κ3) is 4.42. The van der Waals surface area contributed by atoms with E-state index in [1.807, 2.05) is 6.07 Å². The van der Waals surface area contributed by atoms with Gasteiger partial charge in [0.2, 0.25) is 0 Å². The highest BCUT2D eigenvalue weighted by Crippen LogP contribution is 2.04. The Morgan fingerprint density at radius 2 is 2.31 bits per heavy atom. The Morgan fingerprint density at radius 1 is 1.50 bits per heavy atom. The molecule has 1 heterocycles. The van der Waals surface area contributed by atoms with Gasteiger partial charge in [0, 0.05) is 13.0 Å². The molecule has 0 amide bonds. The van der Waals surface area contributed by atoms with Crippen molar-refractivity contribution >= 4 is 11.8 Å². The molecule has 0 aliphatic heterocycles. The van der Waals surface area contributed by atoms with Crippen molar-refractivity contribution in [3.8, 4) is 6.07 Å². The van der Waals surface area contributed by atoms with Gasteiger partial charge in [0.1, 0.15) is 17.6 Å². The van der Waals surface area contributed by atoms with Gasteiger partial charge in [-0.1, -0.05) is 6.07 Å². The fourth-order valence-electron chi connectivity index (χ4n) is 1.21. The van der Waals surface area contributed by atoms with Crippen LogP contribution >= 0.6 is 0 Å². The minimum Gasteiger partial charge on any atom is -0.481 e. The molecule has 84 valence electrons. The van der Waals surface area contributed by atoms with E-state index < -0.39 is 5.97 Å². The van der Waals surface area contributed by atoms with Crippen molar-refractivity contribution in [3.63, 3.8) is 0 Å². The molecule has 0 aromatic carbocycles. The number of carboxylic acids is 1. The van der Waals surface area contributed by atoms with Gasteiger partial charge in [-0.3, -0.25) is 4.79 Å². The van der Waals surface area contributed by atoms with Crippen LogP contribution in [0, 0.1) is 11.3 Å². The summed E-state index contributed by atoms with van der Waals surface area (Å²) in [7, 11) is 0. The minimum absolute atomic E-state index is 0.188. The highest BCUT2D eigenvalue weighted by Gasteiger charge is 1.98. The summed E-state index contributed by atoms with van der Waals surface area (Å²) in [6, 6.07) is 7.12. The third-order valence-corrected chi connectivity index (χ3v) is 1.99. The molecule has 5 nitrogen and oxygen atoms in total. The van der Waals surface area contributed by atoms with E-state index in [2.05, 4.69) is 10.3 Å². The number of nitriles is 1. The number of hydrogen-bond donors (Lipinski definition) is 2. The van der Waals surface area contributed by atoms with Gasteiger partial charge in [0.25, 0.3) is 0 Å². The quantitative estimate of drug-likeness (QED) is 0.710. The first kappa shape index (κ1) is 12.0. The molecule has 1 aromatic rings. The van der Waals surface area contributed by atoms with Crippen LogP contribution in [0.2, 0.25) is 0 Å². The maximum atomic E-state index is 10.2. The van der Waals surface area contributed by atoms with Crippen LogP contribution in [-0.4, -0.2) is 22.6 Å². The zero-order valence-corrected chi connectivity index (χ0v) is 8.81. The van der Waals surface area contributed by atoms with E-state index in [0.717, 1.165) is 6.42 Å². The number of aliphatic carboxylic acids is 1. The molecule has 16 heavy (non-hydrogen) atoms. The normalized spacial score (nSPS) is 9.44. The number of pyridine rings is 1. The van der Waals surface area contributed by atoms with E-state index in [1.165, 1.54) is 0 Å². The van der Waals surface area contributed by atoms with Crippen molar-refractivity contribution in [3.05, 3.63) is 23.9 Å². The average Bonchev–Trinajstić information content (AvgIpc) is 2.28. The lowest BCUT2D eigenvalue weighted by molar-refractivity contribution is -0.137. The van der Waals surface area contributed by atoms with Crippen LogP contribution in [0.4, 0.5) is 5.82 Å². The van der Waals surface area contributed by atoms with Crippen molar-refractivity contribution < 1.29 is 9.90 Å². The standard InChI is InChI=1S/C11H13N3O2/c12-8-9-4-3-5-10(14-9)13-7-2-1-6-11(15)16/h3-5H,1-2,6-7H2,(H,13,14)(H,15,16). The Labute approximate surface area is 93.7 Å². The number of rotatable bonds is 6. The number of nitrogens with zero attached hydrogens (tertiary/aromatic N) is 2. The predicted molar refractivity (Wildman–Crippen MR) is 58.9 cm³/mol. The number of hydrogen-bond acceptors (Lipinski definition) is 4. The van der Waals surface area contributed by atoms with Crippen LogP contribution in [0.25, 0.3) is 0 Å². The number of anilines is 1. The van der Waals surface area contributed by atoms with Crippen LogP contribution in [-0.2, 0) is 4.79 Å². The highest BCUT2D eigenvalue weighted by atomic mass is 16.4. The van der Waals surface area contributed by atoms with Crippen LogP contribution in [0.3, 0.4) is 0 Å². The minimum atomic E-state index is -0.774. The largest absolute Gasteiger partial charge is 0.481 e. The van der Waals surface area contributed by atoms with E-state index in [-0.39, 0.29) is 6.42 Å². The molecule has 0 unspecified atom stereocenters. The predicted octanol–water partition coefficient (Wildman–Crippen LogP) is 1.62. The summed E-state index contributed by atoms with van der Waals surface area (Å²) in [5.41, 5.74) is 0.371. The molecule has 0 spiro atoms. The van der Waals surface area contributed by atoms with Gasteiger partial charge in [0.15, 0.2) is 0 Å². The molecule has 5 heteroatoms. The van der Waals surface area contributed by atoms with Crippen LogP contribution < -0.4 is 5.32 Å². The Morgan fingerprint density at radius 3 is 3.00 bits per heavy atom. The van der Waals surface area contributed by atoms with Crippen molar-refractivity contribution in [2.24, 2.45) is 0 Å². The molecule has 0 bridgehead atoms. The summed E-state index contributed by atoms with van der Waals surface area (Å²) >= 11 is 0. The number of nitrogens with one attached hydrogen (secondary N) is 1. The topological polar surface area (TPSA) is 86.0 Å². The monoisotopic (exact) mass is 219 g/mol. The zero-order chi connectivity index (χ0) is 11.8. The second-order valence-electron chi connectivity index (χ2n) is 3.30. The first-order valence-electron chi connectivity index (χ1n) is 5.05. The first-order valence-corrected chi connectivity index (χ1v) is 5.05. The van der Waals surface area contributed by atoms with Crippen molar-refractivity contribution in [1.82, 2.24) is 4.98 Å². The molecular formula is C11H13N3O2. The summed E-state index contributed by atoms with van der Waals surface area (Å²) in [6.45, 7) is 0.662. The Hall–Kier alpha value is -2.09. The Bertz CT molecular complexity index is 398. The van der Waals surface area contributed by atoms with E-state index in [0.29, 0.717) is 24.5 Å². The molecule has 0 radical (unpaired) electrons. The van der Waals surface area contributed by atoms with Crippen molar-refractivity contribution in [2.45, 2.75) is 19.3 Å². The summed E-state index contributed by atoms with van der Waals surface area (Å²) in [5.74, 6) is -0.126. The fourth-order valence-corrected chi connectivity index (χ4v) is 1.21. The molecule has 0 fully saturated rings. The molecule has 0 saturated carbocycles. The maximum absolute atomic E-state index is 10.2. The highest BCUT2D eigenvalue weighted by molar-refractivity contribution is 5.66. The molecule has 1 aromatic heterocycles. The number of unbranched alkanes of at least 4 members (excludes halogenated alkanes) is 1. The van der Waals surface area contributed by atoms with Gasteiger partial charge in [-0.2, -0.15) is 5.26 Å². The molecular weight excluding hydrogens is 206 g/mol. The van der Waals surface area contributed by atoms with Gasteiger partial charge < -0.3 is 10.4 Å². The molecule has 0 atom stereocenters. The molecule has 0 saturated heterocycles. The molecule has 2 N–H and O–H groups in total. The lowest BCUT2D eigenvalue weighted by Gasteiger charge is -2.04. The first-order chi connectivity index (χ1) is 7.72. The summed E-state index contributed by atoms with van der Waals surface area (Å²) < 4.78 is 0. The lowest BCUT2D eigenvalue weighted by Crippen LogP contribution is -2.04. The van der Waals surface area contributed by atoms with Gasteiger partial charge in [-0.25, -0.2) is 4.98 Å². The van der Waals surface area contributed by atoms with Crippen LogP contribution in [0.15, 0.2) is 18.2 Å². The maximum Gasteiger partial charge on any atom is 0.303 e. The van der Waals surface area contributed by atoms with Crippen LogP contribution in [0.5, 0.6) is 0 Å². The number of carboxylic acid groups (broad SMARTS) is 1. The van der Waals surface area contributed by atoms with Gasteiger partial charge >= 0.3 is 5.97 Å². The van der Waals surface area contributed by atoms with E-state index in [1.54, 1.807) is 18.2 Å². The van der Waals surface area contributed by atoms with Gasteiger partial charge in [0.05, 0.1) is 0 Å². The van der Waals surface area contributed by atoms with Crippen molar-refractivity contribution in [1.29, 1.82) is 5.26 Å². The van der Waals surface area contributed by atoms with Gasteiger partial charge in [-0.15, -0.1) is 0 Å². The SMILES string of the molecule is N#Cc1cccc(NCCCCC(=O)O)n1. The van der Waals surface area contributed by atoms with E-state index >= 15 is 0 Å². The number of carbonyl (C=O) groups is 1. The second-order valence-corrected chi connectivity index (χ2v) is 3.30. The second kappa shape index (κ2) is 6.40. The summed E-state index contributed by atoms with van der Waals surface area (Å²) in [5, 5.41) is 20.1. The zero-order valence-electron chi connectivity index (χ0n) is 8.81. The summed E-state index contributed by atoms with van der Waals surface area (Å²) in [4.78, 5) is 14.3.